The quantitative estimate of drug-likeness (QED) is 0.722. The van der Waals surface area contributed by atoms with Gasteiger partial charge in [-0.05, 0) is 18.9 Å². The third kappa shape index (κ3) is 3.27. The summed E-state index contributed by atoms with van der Waals surface area (Å²) in [5.41, 5.74) is 0.256. The lowest BCUT2D eigenvalue weighted by Gasteiger charge is -2.05. The summed E-state index contributed by atoms with van der Waals surface area (Å²) in [6.45, 7) is 1.30. The van der Waals surface area contributed by atoms with Crippen LogP contribution in [0.25, 0.3) is 0 Å². The first-order valence-corrected chi connectivity index (χ1v) is 5.38. The third-order valence-corrected chi connectivity index (χ3v) is 2.39. The SMILES string of the molecule is O=C(NCCNC1CC1)c1cncc(F)c1. The highest BCUT2D eigenvalue weighted by molar-refractivity contribution is 5.93. The Labute approximate surface area is 93.3 Å². The summed E-state index contributed by atoms with van der Waals surface area (Å²) in [6, 6.07) is 1.81. The Kier molecular flexibility index (Phi) is 3.46. The van der Waals surface area contributed by atoms with Gasteiger partial charge >= 0.3 is 0 Å². The normalized spacial score (nSPS) is 14.8. The van der Waals surface area contributed by atoms with Crippen molar-refractivity contribution < 1.29 is 9.18 Å². The van der Waals surface area contributed by atoms with Gasteiger partial charge in [0, 0.05) is 25.3 Å². The zero-order valence-electron chi connectivity index (χ0n) is 8.87. The van der Waals surface area contributed by atoms with E-state index in [2.05, 4.69) is 15.6 Å². The van der Waals surface area contributed by atoms with Gasteiger partial charge in [-0.15, -0.1) is 0 Å². The fourth-order valence-electron chi connectivity index (χ4n) is 1.38. The van der Waals surface area contributed by atoms with Crippen molar-refractivity contribution in [2.45, 2.75) is 18.9 Å². The minimum absolute atomic E-state index is 0.256. The maximum Gasteiger partial charge on any atom is 0.252 e. The van der Waals surface area contributed by atoms with Crippen molar-refractivity contribution in [3.8, 4) is 0 Å². The second-order valence-corrected chi connectivity index (χ2v) is 3.88. The van der Waals surface area contributed by atoms with E-state index in [4.69, 9.17) is 0 Å². The van der Waals surface area contributed by atoms with E-state index < -0.39 is 5.82 Å². The van der Waals surface area contributed by atoms with Gasteiger partial charge in [-0.3, -0.25) is 9.78 Å². The molecule has 4 nitrogen and oxygen atoms in total. The Bertz CT molecular complexity index is 379. The standard InChI is InChI=1S/C11H14FN3O/c12-9-5-8(6-13-7-9)11(16)15-4-3-14-10-1-2-10/h5-7,10,14H,1-4H2,(H,15,16). The Morgan fingerprint density at radius 2 is 2.25 bits per heavy atom. The van der Waals surface area contributed by atoms with Crippen LogP contribution in [-0.4, -0.2) is 30.0 Å². The van der Waals surface area contributed by atoms with E-state index in [0.29, 0.717) is 12.6 Å². The van der Waals surface area contributed by atoms with Gasteiger partial charge < -0.3 is 10.6 Å². The van der Waals surface area contributed by atoms with Gasteiger partial charge in [-0.25, -0.2) is 4.39 Å². The molecule has 0 aliphatic heterocycles. The van der Waals surface area contributed by atoms with E-state index in [-0.39, 0.29) is 11.5 Å². The van der Waals surface area contributed by atoms with Crippen molar-refractivity contribution >= 4 is 5.91 Å². The number of aromatic nitrogens is 1. The van der Waals surface area contributed by atoms with E-state index in [1.807, 2.05) is 0 Å². The molecule has 1 aromatic heterocycles. The van der Waals surface area contributed by atoms with Crippen LogP contribution in [0.4, 0.5) is 4.39 Å². The first-order valence-electron chi connectivity index (χ1n) is 5.38. The second-order valence-electron chi connectivity index (χ2n) is 3.88. The predicted molar refractivity (Wildman–Crippen MR) is 57.6 cm³/mol. The van der Waals surface area contributed by atoms with Crippen molar-refractivity contribution in [1.82, 2.24) is 15.6 Å². The number of nitrogens with zero attached hydrogens (tertiary/aromatic N) is 1. The largest absolute Gasteiger partial charge is 0.351 e. The summed E-state index contributed by atoms with van der Waals surface area (Å²) in [4.78, 5) is 15.1. The molecule has 0 atom stereocenters. The first kappa shape index (κ1) is 11.0. The fraction of sp³-hybridized carbons (Fsp3) is 0.455. The van der Waals surface area contributed by atoms with Crippen LogP contribution >= 0.6 is 0 Å². The van der Waals surface area contributed by atoms with E-state index in [1.54, 1.807) is 0 Å². The minimum atomic E-state index is -0.497. The van der Waals surface area contributed by atoms with Crippen LogP contribution in [0, 0.1) is 5.82 Å². The molecule has 2 rings (SSSR count). The van der Waals surface area contributed by atoms with Crippen LogP contribution in [0.1, 0.15) is 23.2 Å². The summed E-state index contributed by atoms with van der Waals surface area (Å²) >= 11 is 0. The second kappa shape index (κ2) is 5.03. The molecule has 0 unspecified atom stereocenters. The first-order chi connectivity index (χ1) is 7.75. The van der Waals surface area contributed by atoms with Gasteiger partial charge in [0.25, 0.3) is 5.91 Å². The van der Waals surface area contributed by atoms with E-state index in [9.17, 15) is 9.18 Å². The predicted octanol–water partition coefficient (Wildman–Crippen LogP) is 0.702. The fourth-order valence-corrected chi connectivity index (χ4v) is 1.38. The average molecular weight is 223 g/mol. The lowest BCUT2D eigenvalue weighted by molar-refractivity contribution is 0.0953. The number of hydrogen-bond acceptors (Lipinski definition) is 3. The number of hydrogen-bond donors (Lipinski definition) is 2. The van der Waals surface area contributed by atoms with Gasteiger partial charge in [0.15, 0.2) is 0 Å². The summed E-state index contributed by atoms with van der Waals surface area (Å²) < 4.78 is 12.8. The van der Waals surface area contributed by atoms with E-state index in [1.165, 1.54) is 25.1 Å². The molecule has 5 heteroatoms. The molecule has 0 saturated heterocycles. The molecule has 0 radical (unpaired) electrons. The van der Waals surface area contributed by atoms with Gasteiger partial charge in [0.1, 0.15) is 5.82 Å². The van der Waals surface area contributed by atoms with Crippen LogP contribution in [0.3, 0.4) is 0 Å². The number of halogens is 1. The van der Waals surface area contributed by atoms with Gasteiger partial charge in [-0.1, -0.05) is 0 Å². The number of pyridine rings is 1. The lowest BCUT2D eigenvalue weighted by atomic mass is 10.2. The van der Waals surface area contributed by atoms with Crippen molar-refractivity contribution in [3.63, 3.8) is 0 Å². The summed E-state index contributed by atoms with van der Waals surface area (Å²) in [5, 5.41) is 5.97. The maximum atomic E-state index is 12.8. The molecule has 0 spiro atoms. The van der Waals surface area contributed by atoms with Crippen LogP contribution in [0.2, 0.25) is 0 Å². The molecule has 1 aliphatic rings. The highest BCUT2D eigenvalue weighted by atomic mass is 19.1. The van der Waals surface area contributed by atoms with Crippen LogP contribution in [0.5, 0.6) is 0 Å². The highest BCUT2D eigenvalue weighted by Gasteiger charge is 2.19. The van der Waals surface area contributed by atoms with E-state index in [0.717, 1.165) is 12.7 Å². The summed E-state index contributed by atoms with van der Waals surface area (Å²) in [7, 11) is 0. The molecule has 16 heavy (non-hydrogen) atoms. The smallest absolute Gasteiger partial charge is 0.252 e. The molecular weight excluding hydrogens is 209 g/mol. The van der Waals surface area contributed by atoms with Gasteiger partial charge in [0.2, 0.25) is 0 Å². The minimum Gasteiger partial charge on any atom is -0.351 e. The number of carbonyl (C=O) groups excluding carboxylic acids is 1. The molecule has 1 aromatic rings. The molecule has 1 aliphatic carbocycles. The molecule has 1 fully saturated rings. The molecule has 2 N–H and O–H groups in total. The average Bonchev–Trinajstić information content (AvgIpc) is 3.08. The Balaban J connectivity index is 1.73. The Morgan fingerprint density at radius 3 is 2.94 bits per heavy atom. The van der Waals surface area contributed by atoms with Crippen LogP contribution < -0.4 is 10.6 Å². The topological polar surface area (TPSA) is 54.0 Å². The number of carbonyl (C=O) groups is 1. The zero-order chi connectivity index (χ0) is 11.4. The van der Waals surface area contributed by atoms with Crippen molar-refractivity contribution in [2.24, 2.45) is 0 Å². The van der Waals surface area contributed by atoms with Gasteiger partial charge in [-0.2, -0.15) is 0 Å². The Morgan fingerprint density at radius 1 is 1.44 bits per heavy atom. The van der Waals surface area contributed by atoms with Crippen molar-refractivity contribution in [3.05, 3.63) is 29.8 Å². The van der Waals surface area contributed by atoms with Gasteiger partial charge in [0.05, 0.1) is 11.8 Å². The maximum absolute atomic E-state index is 12.8. The summed E-state index contributed by atoms with van der Waals surface area (Å²) in [5.74, 6) is -0.784. The molecule has 1 saturated carbocycles. The van der Waals surface area contributed by atoms with Crippen LogP contribution in [-0.2, 0) is 0 Å². The molecule has 86 valence electrons. The van der Waals surface area contributed by atoms with Crippen LogP contribution in [0.15, 0.2) is 18.5 Å². The number of nitrogens with one attached hydrogen (secondary N) is 2. The highest BCUT2D eigenvalue weighted by Crippen LogP contribution is 2.17. The monoisotopic (exact) mass is 223 g/mol. The van der Waals surface area contributed by atoms with Crippen molar-refractivity contribution in [2.75, 3.05) is 13.1 Å². The zero-order valence-corrected chi connectivity index (χ0v) is 8.87. The third-order valence-electron chi connectivity index (χ3n) is 2.39. The molecule has 1 amide bonds. The summed E-state index contributed by atoms with van der Waals surface area (Å²) in [6.07, 6.45) is 4.88. The molecule has 1 heterocycles. The Hall–Kier alpha value is -1.49. The molecular formula is C11H14FN3O. The molecule has 0 bridgehead atoms. The molecule has 0 aromatic carbocycles. The lowest BCUT2D eigenvalue weighted by Crippen LogP contribution is -2.32. The number of rotatable bonds is 5. The van der Waals surface area contributed by atoms with Crippen molar-refractivity contribution in [1.29, 1.82) is 0 Å². The number of amides is 1. The van der Waals surface area contributed by atoms with E-state index >= 15 is 0 Å².